The highest BCUT2D eigenvalue weighted by Crippen LogP contribution is 2.30. The average molecular weight is 299 g/mol. The number of ether oxygens (including phenoxy) is 1. The molecule has 108 valence electrons. The Morgan fingerprint density at radius 3 is 2.65 bits per heavy atom. The van der Waals surface area contributed by atoms with Gasteiger partial charge in [0.1, 0.15) is 17.2 Å². The third kappa shape index (κ3) is 4.24. The first-order chi connectivity index (χ1) is 9.49. The second-order valence-corrected chi connectivity index (χ2v) is 4.27. The number of nitrogens with zero attached hydrogens (tertiary/aromatic N) is 2. The summed E-state index contributed by atoms with van der Waals surface area (Å²) in [6, 6.07) is 4.72. The minimum absolute atomic E-state index is 0.215. The van der Waals surface area contributed by atoms with E-state index in [1.54, 1.807) is 12.1 Å². The molecule has 0 atom stereocenters. The Hall–Kier alpha value is -2.08. The predicted molar refractivity (Wildman–Crippen MR) is 74.7 cm³/mol. The molecule has 0 aliphatic carbocycles. The Morgan fingerprint density at radius 1 is 1.40 bits per heavy atom. The number of rotatable bonds is 6. The van der Waals surface area contributed by atoms with E-state index >= 15 is 0 Å². The first-order valence-electron chi connectivity index (χ1n) is 5.90. The lowest BCUT2D eigenvalue weighted by atomic mass is 10.2. The number of methoxy groups -OCH3 is 1. The van der Waals surface area contributed by atoms with Crippen molar-refractivity contribution in [1.29, 1.82) is 0 Å². The fraction of sp³-hybridized carbons (Fsp3) is 0.308. The summed E-state index contributed by atoms with van der Waals surface area (Å²) in [5.41, 5.74) is -0.236. The van der Waals surface area contributed by atoms with Crippen LogP contribution in [0.3, 0.4) is 0 Å². The van der Waals surface area contributed by atoms with Gasteiger partial charge in [-0.25, -0.2) is 4.79 Å². The van der Waals surface area contributed by atoms with Gasteiger partial charge < -0.3 is 14.9 Å². The summed E-state index contributed by atoms with van der Waals surface area (Å²) >= 11 is 5.92. The van der Waals surface area contributed by atoms with Crippen LogP contribution in [0.25, 0.3) is 0 Å². The first-order valence-corrected chi connectivity index (χ1v) is 6.28. The molecule has 20 heavy (non-hydrogen) atoms. The van der Waals surface area contributed by atoms with Gasteiger partial charge in [-0.1, -0.05) is 18.5 Å². The average Bonchev–Trinajstić information content (AvgIpc) is 2.41. The first kappa shape index (κ1) is 16.0. The maximum Gasteiger partial charge on any atom is 0.359 e. The van der Waals surface area contributed by atoms with E-state index in [4.69, 9.17) is 21.4 Å². The number of aliphatic hydroxyl groups is 1. The molecule has 2 N–H and O–H groups in total. The molecule has 0 aromatic heterocycles. The number of benzene rings is 1. The molecule has 0 fully saturated rings. The van der Waals surface area contributed by atoms with Crippen LogP contribution >= 0.6 is 11.6 Å². The number of carbonyl (C=O) groups is 1. The Bertz CT molecular complexity index is 555. The number of carboxylic acid groups (broad SMARTS) is 1. The summed E-state index contributed by atoms with van der Waals surface area (Å²) in [5, 5.41) is 26.2. The summed E-state index contributed by atoms with van der Waals surface area (Å²) in [7, 11) is 1.49. The maximum atomic E-state index is 11.0. The largest absolute Gasteiger partial charge is 0.510 e. The SMILES string of the molecule is CCCC(O)=C(N=Nc1cc(OC)ccc1Cl)C(=O)O. The molecule has 7 heteroatoms. The van der Waals surface area contributed by atoms with Crippen LogP contribution in [0.1, 0.15) is 19.8 Å². The van der Waals surface area contributed by atoms with Crippen molar-refractivity contribution in [3.8, 4) is 5.75 Å². The van der Waals surface area contributed by atoms with Crippen molar-refractivity contribution in [2.75, 3.05) is 7.11 Å². The smallest absolute Gasteiger partial charge is 0.359 e. The van der Waals surface area contributed by atoms with Crippen LogP contribution in [0, 0.1) is 0 Å². The van der Waals surface area contributed by atoms with Crippen molar-refractivity contribution in [2.45, 2.75) is 19.8 Å². The lowest BCUT2D eigenvalue weighted by Gasteiger charge is -2.03. The van der Waals surface area contributed by atoms with Crippen molar-refractivity contribution < 1.29 is 19.7 Å². The fourth-order valence-electron chi connectivity index (χ4n) is 1.38. The van der Waals surface area contributed by atoms with E-state index in [-0.39, 0.29) is 17.9 Å². The second kappa shape index (κ2) is 7.49. The van der Waals surface area contributed by atoms with Crippen LogP contribution < -0.4 is 4.74 Å². The molecule has 0 unspecified atom stereocenters. The van der Waals surface area contributed by atoms with Gasteiger partial charge in [0.2, 0.25) is 5.70 Å². The zero-order valence-electron chi connectivity index (χ0n) is 11.1. The third-order valence-electron chi connectivity index (χ3n) is 2.37. The summed E-state index contributed by atoms with van der Waals surface area (Å²) < 4.78 is 5.01. The molecule has 0 aliphatic heterocycles. The number of aliphatic hydroxyl groups excluding tert-OH is 1. The van der Waals surface area contributed by atoms with Crippen molar-refractivity contribution in [3.63, 3.8) is 0 Å². The summed E-state index contributed by atoms with van der Waals surface area (Å²) in [6.07, 6.45) is 0.810. The highest BCUT2D eigenvalue weighted by Gasteiger charge is 2.13. The van der Waals surface area contributed by atoms with Crippen molar-refractivity contribution >= 4 is 23.3 Å². The van der Waals surface area contributed by atoms with E-state index < -0.39 is 11.7 Å². The number of azo groups is 1. The van der Waals surface area contributed by atoms with E-state index in [0.717, 1.165) is 0 Å². The number of carboxylic acids is 1. The number of hydrogen-bond donors (Lipinski definition) is 2. The van der Waals surface area contributed by atoms with Gasteiger partial charge in [-0.3, -0.25) is 0 Å². The van der Waals surface area contributed by atoms with E-state index in [1.807, 2.05) is 6.92 Å². The van der Waals surface area contributed by atoms with Crippen LogP contribution in [0.4, 0.5) is 5.69 Å². The van der Waals surface area contributed by atoms with Gasteiger partial charge in [-0.2, -0.15) is 0 Å². The molecule has 0 saturated carbocycles. The maximum absolute atomic E-state index is 11.0. The Balaban J connectivity index is 3.11. The minimum atomic E-state index is -1.35. The van der Waals surface area contributed by atoms with Crippen LogP contribution in [0.15, 0.2) is 39.9 Å². The Labute approximate surface area is 121 Å². The van der Waals surface area contributed by atoms with Gasteiger partial charge in [0, 0.05) is 12.5 Å². The number of halogens is 1. The van der Waals surface area contributed by atoms with Crippen LogP contribution in [0.2, 0.25) is 5.02 Å². The molecule has 6 nitrogen and oxygen atoms in total. The van der Waals surface area contributed by atoms with Gasteiger partial charge in [-0.05, 0) is 18.6 Å². The third-order valence-corrected chi connectivity index (χ3v) is 2.69. The van der Waals surface area contributed by atoms with Crippen LogP contribution in [0.5, 0.6) is 5.75 Å². The highest BCUT2D eigenvalue weighted by atomic mass is 35.5. The van der Waals surface area contributed by atoms with E-state index in [1.165, 1.54) is 13.2 Å². The predicted octanol–water partition coefficient (Wildman–Crippen LogP) is 4.09. The van der Waals surface area contributed by atoms with Gasteiger partial charge in [0.15, 0.2) is 0 Å². The molecule has 1 aromatic carbocycles. The lowest BCUT2D eigenvalue weighted by Crippen LogP contribution is -2.02. The number of aliphatic carboxylic acids is 1. The number of allylic oxidation sites excluding steroid dienone is 1. The topological polar surface area (TPSA) is 91.5 Å². The van der Waals surface area contributed by atoms with Crippen molar-refractivity contribution in [1.82, 2.24) is 0 Å². The van der Waals surface area contributed by atoms with Crippen LogP contribution in [-0.4, -0.2) is 23.3 Å². The summed E-state index contributed by atoms with van der Waals surface area (Å²) in [4.78, 5) is 11.0. The van der Waals surface area contributed by atoms with Crippen LogP contribution in [-0.2, 0) is 4.79 Å². The summed E-state index contributed by atoms with van der Waals surface area (Å²) in [6.45, 7) is 1.81. The molecule has 1 rings (SSSR count). The molecule has 0 amide bonds. The highest BCUT2D eigenvalue weighted by molar-refractivity contribution is 6.33. The molecular formula is C13H15ClN2O4. The molecule has 0 saturated heterocycles. The zero-order valence-corrected chi connectivity index (χ0v) is 11.9. The molecule has 0 spiro atoms. The van der Waals surface area contributed by atoms with Crippen molar-refractivity contribution in [2.24, 2.45) is 10.2 Å². The van der Waals surface area contributed by atoms with E-state index in [0.29, 0.717) is 17.2 Å². The normalized spacial score (nSPS) is 12.3. The summed E-state index contributed by atoms with van der Waals surface area (Å²) in [5.74, 6) is -1.15. The lowest BCUT2D eigenvalue weighted by molar-refractivity contribution is -0.133. The minimum Gasteiger partial charge on any atom is -0.510 e. The van der Waals surface area contributed by atoms with E-state index in [2.05, 4.69) is 10.2 Å². The monoisotopic (exact) mass is 298 g/mol. The number of hydrogen-bond acceptors (Lipinski definition) is 5. The Morgan fingerprint density at radius 2 is 2.10 bits per heavy atom. The molecule has 0 radical (unpaired) electrons. The van der Waals surface area contributed by atoms with Crippen molar-refractivity contribution in [3.05, 3.63) is 34.7 Å². The molecule has 0 bridgehead atoms. The molecule has 1 aromatic rings. The Kier molecular flexibility index (Phi) is 5.99. The second-order valence-electron chi connectivity index (χ2n) is 3.87. The van der Waals surface area contributed by atoms with Gasteiger partial charge >= 0.3 is 5.97 Å². The van der Waals surface area contributed by atoms with Gasteiger partial charge in [-0.15, -0.1) is 10.2 Å². The van der Waals surface area contributed by atoms with Gasteiger partial charge in [0.05, 0.1) is 12.1 Å². The standard InChI is InChI=1S/C13H15ClN2O4/c1-3-4-11(17)12(13(18)19)16-15-10-7-8(20-2)5-6-9(10)14/h5-7,17H,3-4H2,1-2H3,(H,18,19). The van der Waals surface area contributed by atoms with Gasteiger partial charge in [0.25, 0.3) is 0 Å². The molecule has 0 aliphatic rings. The zero-order chi connectivity index (χ0) is 15.1. The molecular weight excluding hydrogens is 284 g/mol. The molecule has 0 heterocycles. The quantitative estimate of drug-likeness (QED) is 0.470. The fourth-order valence-corrected chi connectivity index (χ4v) is 1.53. The van der Waals surface area contributed by atoms with E-state index in [9.17, 15) is 9.90 Å².